The van der Waals surface area contributed by atoms with E-state index >= 15 is 0 Å². The molecule has 0 amide bonds. The SMILES string of the molecule is COc1cc(CO)ccc1Oc1ccccc1[C@@H](C)N. The molecular weight excluding hydrogens is 254 g/mol. The minimum absolute atomic E-state index is 0.0347. The molecule has 1 atom stereocenters. The largest absolute Gasteiger partial charge is 0.493 e. The number of aliphatic hydroxyl groups excluding tert-OH is 1. The number of hydrogen-bond acceptors (Lipinski definition) is 4. The molecule has 0 aromatic heterocycles. The highest BCUT2D eigenvalue weighted by Gasteiger charge is 2.11. The zero-order valence-corrected chi connectivity index (χ0v) is 11.7. The average Bonchev–Trinajstić information content (AvgIpc) is 2.48. The summed E-state index contributed by atoms with van der Waals surface area (Å²) in [6.07, 6.45) is 0. The number of methoxy groups -OCH3 is 1. The Morgan fingerprint density at radius 2 is 1.85 bits per heavy atom. The summed E-state index contributed by atoms with van der Waals surface area (Å²) in [7, 11) is 1.57. The molecule has 20 heavy (non-hydrogen) atoms. The van der Waals surface area contributed by atoms with Gasteiger partial charge < -0.3 is 20.3 Å². The Morgan fingerprint density at radius 1 is 1.10 bits per heavy atom. The first-order chi connectivity index (χ1) is 9.65. The van der Waals surface area contributed by atoms with Gasteiger partial charge in [0.2, 0.25) is 0 Å². The Balaban J connectivity index is 2.35. The number of ether oxygens (including phenoxy) is 2. The summed E-state index contributed by atoms with van der Waals surface area (Å²) >= 11 is 0. The van der Waals surface area contributed by atoms with E-state index in [-0.39, 0.29) is 12.6 Å². The van der Waals surface area contributed by atoms with Crippen molar-refractivity contribution < 1.29 is 14.6 Å². The third-order valence-electron chi connectivity index (χ3n) is 3.04. The fourth-order valence-corrected chi connectivity index (χ4v) is 1.96. The normalized spacial score (nSPS) is 12.0. The van der Waals surface area contributed by atoms with E-state index in [1.54, 1.807) is 25.3 Å². The molecule has 0 saturated heterocycles. The second kappa shape index (κ2) is 6.41. The molecule has 0 unspecified atom stereocenters. The van der Waals surface area contributed by atoms with Crippen LogP contribution in [0.3, 0.4) is 0 Å². The van der Waals surface area contributed by atoms with Crippen LogP contribution in [-0.4, -0.2) is 12.2 Å². The topological polar surface area (TPSA) is 64.7 Å². The second-order valence-corrected chi connectivity index (χ2v) is 4.57. The van der Waals surface area contributed by atoms with Gasteiger partial charge >= 0.3 is 0 Å². The van der Waals surface area contributed by atoms with Crippen LogP contribution in [0.1, 0.15) is 24.1 Å². The second-order valence-electron chi connectivity index (χ2n) is 4.57. The van der Waals surface area contributed by atoms with Crippen LogP contribution in [0.5, 0.6) is 17.2 Å². The smallest absolute Gasteiger partial charge is 0.169 e. The van der Waals surface area contributed by atoms with Crippen LogP contribution in [0, 0.1) is 0 Å². The molecule has 0 saturated carbocycles. The zero-order valence-electron chi connectivity index (χ0n) is 11.7. The molecule has 2 aromatic carbocycles. The van der Waals surface area contributed by atoms with Gasteiger partial charge in [-0.1, -0.05) is 24.3 Å². The van der Waals surface area contributed by atoms with E-state index < -0.39 is 0 Å². The fraction of sp³-hybridized carbons (Fsp3) is 0.250. The number of para-hydroxylation sites is 1. The maximum absolute atomic E-state index is 9.14. The number of benzene rings is 2. The Morgan fingerprint density at radius 3 is 2.50 bits per heavy atom. The van der Waals surface area contributed by atoms with Crippen LogP contribution < -0.4 is 15.2 Å². The minimum atomic E-state index is -0.117. The lowest BCUT2D eigenvalue weighted by molar-refractivity contribution is 0.280. The van der Waals surface area contributed by atoms with Crippen molar-refractivity contribution in [1.82, 2.24) is 0 Å². The number of nitrogens with two attached hydrogens (primary N) is 1. The highest BCUT2D eigenvalue weighted by Crippen LogP contribution is 2.35. The van der Waals surface area contributed by atoms with Crippen molar-refractivity contribution in [3.05, 3.63) is 53.6 Å². The number of rotatable bonds is 5. The minimum Gasteiger partial charge on any atom is -0.493 e. The van der Waals surface area contributed by atoms with Gasteiger partial charge in [0.25, 0.3) is 0 Å². The summed E-state index contributed by atoms with van der Waals surface area (Å²) in [6.45, 7) is 1.88. The molecule has 0 bridgehead atoms. The average molecular weight is 273 g/mol. The molecule has 106 valence electrons. The summed E-state index contributed by atoms with van der Waals surface area (Å²) in [5, 5.41) is 9.14. The van der Waals surface area contributed by atoms with Crippen LogP contribution in [0.2, 0.25) is 0 Å². The van der Waals surface area contributed by atoms with Gasteiger partial charge in [0, 0.05) is 11.6 Å². The van der Waals surface area contributed by atoms with E-state index in [1.165, 1.54) is 0 Å². The van der Waals surface area contributed by atoms with E-state index in [0.29, 0.717) is 17.2 Å². The van der Waals surface area contributed by atoms with Crippen molar-refractivity contribution in [2.45, 2.75) is 19.6 Å². The predicted octanol–water partition coefficient (Wildman–Crippen LogP) is 3.00. The molecule has 0 fully saturated rings. The van der Waals surface area contributed by atoms with E-state index in [4.69, 9.17) is 20.3 Å². The van der Waals surface area contributed by atoms with Crippen molar-refractivity contribution in [2.24, 2.45) is 5.73 Å². The molecule has 0 heterocycles. The first-order valence-electron chi connectivity index (χ1n) is 6.46. The lowest BCUT2D eigenvalue weighted by Crippen LogP contribution is -2.06. The molecular formula is C16H19NO3. The van der Waals surface area contributed by atoms with Crippen molar-refractivity contribution in [3.8, 4) is 17.2 Å². The fourth-order valence-electron chi connectivity index (χ4n) is 1.96. The lowest BCUT2D eigenvalue weighted by Gasteiger charge is -2.15. The van der Waals surface area contributed by atoms with Gasteiger partial charge in [-0.15, -0.1) is 0 Å². The Hall–Kier alpha value is -2.04. The first kappa shape index (κ1) is 14.4. The van der Waals surface area contributed by atoms with Gasteiger partial charge in [0.15, 0.2) is 11.5 Å². The van der Waals surface area contributed by atoms with E-state index in [9.17, 15) is 0 Å². The zero-order chi connectivity index (χ0) is 14.5. The van der Waals surface area contributed by atoms with Crippen LogP contribution in [0.4, 0.5) is 0 Å². The Labute approximate surface area is 118 Å². The molecule has 0 radical (unpaired) electrons. The molecule has 4 nitrogen and oxygen atoms in total. The quantitative estimate of drug-likeness (QED) is 0.879. The molecule has 0 aliphatic carbocycles. The number of hydrogen-bond donors (Lipinski definition) is 2. The highest BCUT2D eigenvalue weighted by atomic mass is 16.5. The van der Waals surface area contributed by atoms with Gasteiger partial charge in [-0.25, -0.2) is 0 Å². The van der Waals surface area contributed by atoms with Gasteiger partial charge in [0.05, 0.1) is 13.7 Å². The van der Waals surface area contributed by atoms with Gasteiger partial charge in [-0.2, -0.15) is 0 Å². The summed E-state index contributed by atoms with van der Waals surface area (Å²) in [6, 6.07) is 12.9. The summed E-state index contributed by atoms with van der Waals surface area (Å²) < 4.78 is 11.2. The van der Waals surface area contributed by atoms with E-state index in [1.807, 2.05) is 31.2 Å². The van der Waals surface area contributed by atoms with Crippen molar-refractivity contribution in [3.63, 3.8) is 0 Å². The Kier molecular flexibility index (Phi) is 4.61. The molecule has 0 aliphatic rings. The van der Waals surface area contributed by atoms with Crippen LogP contribution >= 0.6 is 0 Å². The van der Waals surface area contributed by atoms with Crippen molar-refractivity contribution in [1.29, 1.82) is 0 Å². The molecule has 2 rings (SSSR count). The lowest BCUT2D eigenvalue weighted by atomic mass is 10.1. The van der Waals surface area contributed by atoms with E-state index in [2.05, 4.69) is 0 Å². The standard InChI is InChI=1S/C16H19NO3/c1-11(17)13-5-3-4-6-14(13)20-15-8-7-12(10-18)9-16(15)19-2/h3-9,11,18H,10,17H2,1-2H3/t11-/m1/s1. The number of aliphatic hydroxyl groups is 1. The summed E-state index contributed by atoms with van der Waals surface area (Å²) in [5.74, 6) is 1.88. The van der Waals surface area contributed by atoms with Crippen molar-refractivity contribution >= 4 is 0 Å². The third kappa shape index (κ3) is 3.10. The maximum Gasteiger partial charge on any atom is 0.169 e. The monoisotopic (exact) mass is 273 g/mol. The molecule has 3 N–H and O–H groups in total. The molecule has 4 heteroatoms. The highest BCUT2D eigenvalue weighted by molar-refractivity contribution is 5.47. The van der Waals surface area contributed by atoms with Crippen LogP contribution in [0.15, 0.2) is 42.5 Å². The van der Waals surface area contributed by atoms with Crippen LogP contribution in [0.25, 0.3) is 0 Å². The predicted molar refractivity (Wildman–Crippen MR) is 78.0 cm³/mol. The van der Waals surface area contributed by atoms with Crippen molar-refractivity contribution in [2.75, 3.05) is 7.11 Å². The van der Waals surface area contributed by atoms with E-state index in [0.717, 1.165) is 11.1 Å². The Bertz CT molecular complexity index is 582. The molecule has 0 spiro atoms. The summed E-state index contributed by atoms with van der Waals surface area (Å²) in [5.41, 5.74) is 7.64. The van der Waals surface area contributed by atoms with Gasteiger partial charge in [-0.05, 0) is 30.7 Å². The first-order valence-corrected chi connectivity index (χ1v) is 6.46. The third-order valence-corrected chi connectivity index (χ3v) is 3.04. The molecule has 0 aliphatic heterocycles. The maximum atomic E-state index is 9.14. The molecule has 2 aromatic rings. The van der Waals surface area contributed by atoms with Crippen LogP contribution in [-0.2, 0) is 6.61 Å². The van der Waals surface area contributed by atoms with Gasteiger partial charge in [-0.3, -0.25) is 0 Å². The van der Waals surface area contributed by atoms with Gasteiger partial charge in [0.1, 0.15) is 5.75 Å². The summed E-state index contributed by atoms with van der Waals surface area (Å²) in [4.78, 5) is 0.